The molecular weight excluding hydrogens is 250 g/mol. The molecule has 0 aliphatic heterocycles. The largest absolute Gasteiger partial charge is 0.445 e. The summed E-state index contributed by atoms with van der Waals surface area (Å²) in [6.45, 7) is 4.79. The maximum atomic E-state index is 11.7. The Morgan fingerprint density at radius 3 is 2.84 bits per heavy atom. The van der Waals surface area contributed by atoms with Crippen LogP contribution in [0.5, 0.6) is 0 Å². The molecule has 0 aliphatic rings. The zero-order chi connectivity index (χ0) is 14.0. The van der Waals surface area contributed by atoms with E-state index >= 15 is 0 Å². The lowest BCUT2D eigenvalue weighted by molar-refractivity contribution is 0.101. The van der Waals surface area contributed by atoms with E-state index in [1.54, 1.807) is 0 Å². The number of carbonyl (C=O) groups is 2. The molecule has 0 atom stereocenters. The monoisotopic (exact) mass is 261 g/mol. The zero-order valence-electron chi connectivity index (χ0n) is 10.2. The van der Waals surface area contributed by atoms with Gasteiger partial charge in [-0.2, -0.15) is 4.57 Å². The van der Waals surface area contributed by atoms with Crippen molar-refractivity contribution in [1.82, 2.24) is 4.57 Å². The van der Waals surface area contributed by atoms with Crippen molar-refractivity contribution in [3.8, 4) is 0 Å². The lowest BCUT2D eigenvalue weighted by Crippen LogP contribution is -2.24. The molecule has 0 N–H and O–H groups in total. The van der Waals surface area contributed by atoms with Crippen molar-refractivity contribution in [2.45, 2.75) is 6.92 Å². The first-order valence-electron chi connectivity index (χ1n) is 5.49. The standard InChI is InChI=1S/C13H11NO5/c1-3-6-18-12(16)14-10-5-4-9(8(2)15)7-11(10)19-13(14)17/h3-5,7H,1,6H2,2H3. The van der Waals surface area contributed by atoms with Gasteiger partial charge >= 0.3 is 11.8 Å². The Hall–Kier alpha value is -2.63. The van der Waals surface area contributed by atoms with Crippen LogP contribution in [-0.4, -0.2) is 23.1 Å². The molecule has 6 heteroatoms. The fourth-order valence-corrected chi connectivity index (χ4v) is 1.61. The summed E-state index contributed by atoms with van der Waals surface area (Å²) < 4.78 is 10.5. The van der Waals surface area contributed by atoms with Crippen molar-refractivity contribution < 1.29 is 18.7 Å². The smallest absolute Gasteiger partial charge is 0.429 e. The van der Waals surface area contributed by atoms with E-state index in [1.807, 2.05) is 0 Å². The second kappa shape index (κ2) is 4.93. The summed E-state index contributed by atoms with van der Waals surface area (Å²) in [6.07, 6.45) is 0.540. The first-order valence-corrected chi connectivity index (χ1v) is 5.49. The maximum absolute atomic E-state index is 11.7. The van der Waals surface area contributed by atoms with Crippen LogP contribution in [-0.2, 0) is 4.74 Å². The third kappa shape index (κ3) is 2.33. The van der Waals surface area contributed by atoms with Crippen molar-refractivity contribution >= 4 is 23.0 Å². The minimum atomic E-state index is -0.857. The fourth-order valence-electron chi connectivity index (χ4n) is 1.61. The number of ketones is 1. The minimum Gasteiger partial charge on any atom is -0.445 e. The van der Waals surface area contributed by atoms with E-state index in [0.29, 0.717) is 5.56 Å². The summed E-state index contributed by atoms with van der Waals surface area (Å²) >= 11 is 0. The van der Waals surface area contributed by atoms with Crippen LogP contribution in [0.4, 0.5) is 4.79 Å². The number of hydrogen-bond donors (Lipinski definition) is 0. The number of hydrogen-bond acceptors (Lipinski definition) is 5. The van der Waals surface area contributed by atoms with Crippen molar-refractivity contribution in [2.24, 2.45) is 0 Å². The summed E-state index contributed by atoms with van der Waals surface area (Å²) in [6, 6.07) is 4.39. The predicted molar refractivity (Wildman–Crippen MR) is 67.4 cm³/mol. The molecule has 1 aromatic carbocycles. The van der Waals surface area contributed by atoms with Gasteiger partial charge in [0.05, 0.1) is 0 Å². The van der Waals surface area contributed by atoms with Crippen LogP contribution in [0.3, 0.4) is 0 Å². The lowest BCUT2D eigenvalue weighted by Gasteiger charge is -2.01. The number of aromatic nitrogens is 1. The number of oxazole rings is 1. The molecule has 1 aromatic heterocycles. The summed E-state index contributed by atoms with van der Waals surface area (Å²) in [4.78, 5) is 34.5. The highest BCUT2D eigenvalue weighted by molar-refractivity contribution is 5.97. The second-order valence-electron chi connectivity index (χ2n) is 3.81. The van der Waals surface area contributed by atoms with Gasteiger partial charge in [0.15, 0.2) is 11.4 Å². The van der Waals surface area contributed by atoms with Crippen molar-refractivity contribution in [2.75, 3.05) is 6.61 Å². The van der Waals surface area contributed by atoms with Crippen molar-refractivity contribution in [1.29, 1.82) is 0 Å². The van der Waals surface area contributed by atoms with Gasteiger partial charge in [0, 0.05) is 5.56 Å². The van der Waals surface area contributed by atoms with E-state index < -0.39 is 11.8 Å². The minimum absolute atomic E-state index is 0.0104. The van der Waals surface area contributed by atoms with E-state index in [2.05, 4.69) is 6.58 Å². The highest BCUT2D eigenvalue weighted by Crippen LogP contribution is 2.15. The molecule has 0 saturated heterocycles. The van der Waals surface area contributed by atoms with Crippen LogP contribution >= 0.6 is 0 Å². The molecule has 0 radical (unpaired) electrons. The maximum Gasteiger partial charge on any atom is 0.429 e. The number of ether oxygens (including phenoxy) is 1. The summed E-state index contributed by atoms with van der Waals surface area (Å²) in [5, 5.41) is 0. The van der Waals surface area contributed by atoms with E-state index in [1.165, 1.54) is 31.2 Å². The number of carbonyl (C=O) groups excluding carboxylic acids is 2. The molecule has 19 heavy (non-hydrogen) atoms. The molecule has 0 aliphatic carbocycles. The molecule has 2 rings (SSSR count). The average Bonchev–Trinajstić information content (AvgIpc) is 2.70. The number of benzene rings is 1. The third-order valence-electron chi connectivity index (χ3n) is 2.49. The van der Waals surface area contributed by atoms with E-state index in [-0.39, 0.29) is 23.5 Å². The average molecular weight is 261 g/mol. The summed E-state index contributed by atoms with van der Waals surface area (Å²) in [5.41, 5.74) is 0.810. The second-order valence-corrected chi connectivity index (χ2v) is 3.81. The number of rotatable bonds is 3. The molecular formula is C13H11NO5. The van der Waals surface area contributed by atoms with Crippen LogP contribution < -0.4 is 5.76 Å². The number of Topliss-reactive ketones (excluding diaryl/α,β-unsaturated/α-hetero) is 1. The molecule has 0 unspecified atom stereocenters. The van der Waals surface area contributed by atoms with Crippen LogP contribution in [0.2, 0.25) is 0 Å². The zero-order valence-corrected chi connectivity index (χ0v) is 10.2. The van der Waals surface area contributed by atoms with Crippen molar-refractivity contribution in [3.63, 3.8) is 0 Å². The summed E-state index contributed by atoms with van der Waals surface area (Å²) in [7, 11) is 0. The highest BCUT2D eigenvalue weighted by Gasteiger charge is 2.17. The molecule has 0 fully saturated rings. The van der Waals surface area contributed by atoms with Crippen LogP contribution in [0.1, 0.15) is 17.3 Å². The molecule has 0 amide bonds. The number of nitrogens with zero attached hydrogens (tertiary/aromatic N) is 1. The molecule has 1 heterocycles. The van der Waals surface area contributed by atoms with Gasteiger partial charge in [-0.1, -0.05) is 12.7 Å². The van der Waals surface area contributed by atoms with Gasteiger partial charge < -0.3 is 9.15 Å². The Morgan fingerprint density at radius 2 is 2.21 bits per heavy atom. The molecule has 0 saturated carbocycles. The van der Waals surface area contributed by atoms with Crippen LogP contribution in [0.25, 0.3) is 11.1 Å². The van der Waals surface area contributed by atoms with Gasteiger partial charge in [-0.15, -0.1) is 0 Å². The Balaban J connectivity index is 2.54. The highest BCUT2D eigenvalue weighted by atomic mass is 16.6. The van der Waals surface area contributed by atoms with E-state index in [0.717, 1.165) is 4.57 Å². The summed E-state index contributed by atoms with van der Waals surface area (Å²) in [5.74, 6) is -1.02. The van der Waals surface area contributed by atoms with Crippen molar-refractivity contribution in [3.05, 3.63) is 47.0 Å². The lowest BCUT2D eigenvalue weighted by atomic mass is 10.1. The quantitative estimate of drug-likeness (QED) is 0.623. The molecule has 98 valence electrons. The normalized spacial score (nSPS) is 10.4. The first-order chi connectivity index (χ1) is 9.04. The van der Waals surface area contributed by atoms with Gasteiger partial charge in [-0.05, 0) is 25.1 Å². The van der Waals surface area contributed by atoms with Gasteiger partial charge in [0.1, 0.15) is 12.1 Å². The molecule has 6 nitrogen and oxygen atoms in total. The topological polar surface area (TPSA) is 78.5 Å². The molecule has 0 spiro atoms. The number of fused-ring (bicyclic) bond motifs is 1. The Bertz CT molecular complexity index is 722. The van der Waals surface area contributed by atoms with Crippen LogP contribution in [0.15, 0.2) is 40.1 Å². The Morgan fingerprint density at radius 1 is 1.47 bits per heavy atom. The van der Waals surface area contributed by atoms with Gasteiger partial charge in [-0.25, -0.2) is 9.59 Å². The SMILES string of the molecule is C=CCOC(=O)n1c(=O)oc2cc(C(C)=O)ccc21. The fraction of sp³-hybridized carbons (Fsp3) is 0.154. The van der Waals surface area contributed by atoms with E-state index in [9.17, 15) is 14.4 Å². The third-order valence-corrected chi connectivity index (χ3v) is 2.49. The Kier molecular flexibility index (Phi) is 3.33. The molecule has 2 aromatic rings. The predicted octanol–water partition coefficient (Wildman–Crippen LogP) is 1.97. The van der Waals surface area contributed by atoms with Gasteiger partial charge in [0.25, 0.3) is 0 Å². The van der Waals surface area contributed by atoms with E-state index in [4.69, 9.17) is 9.15 Å². The molecule has 0 bridgehead atoms. The van der Waals surface area contributed by atoms with Crippen LogP contribution in [0, 0.1) is 0 Å². The first kappa shape index (κ1) is 12.8. The van der Waals surface area contributed by atoms with Gasteiger partial charge in [-0.3, -0.25) is 4.79 Å². The Labute approximate surface area is 107 Å². The van der Waals surface area contributed by atoms with Gasteiger partial charge in [0.2, 0.25) is 0 Å².